The Balaban J connectivity index is 2.66. The maximum atomic E-state index is 13.1. The molecule has 2 aromatic rings. The van der Waals surface area contributed by atoms with Crippen molar-refractivity contribution in [3.63, 3.8) is 0 Å². The molecule has 1 aromatic heterocycles. The molecule has 0 spiro atoms. The van der Waals surface area contributed by atoms with Crippen LogP contribution in [0.15, 0.2) is 24.5 Å². The molecule has 0 aliphatic carbocycles. The van der Waals surface area contributed by atoms with Crippen LogP contribution in [0.2, 0.25) is 10.0 Å². The smallest absolute Gasteiger partial charge is 0.181 e. The standard InChI is InChI=1S/C9H5Cl2FN2S/c10-6-3-5(4-7(11)8(6)12)14-2-1-13-9(14)15/h1-4H,(H,13,15). The van der Waals surface area contributed by atoms with Gasteiger partial charge in [0.15, 0.2) is 10.6 Å². The molecule has 0 saturated heterocycles. The van der Waals surface area contributed by atoms with Crippen LogP contribution >= 0.6 is 35.4 Å². The number of benzene rings is 1. The lowest BCUT2D eigenvalue weighted by Gasteiger charge is -2.05. The van der Waals surface area contributed by atoms with Gasteiger partial charge in [0.2, 0.25) is 0 Å². The third-order valence-corrected chi connectivity index (χ3v) is 2.76. The first-order chi connectivity index (χ1) is 7.09. The molecule has 0 aliphatic heterocycles. The minimum absolute atomic E-state index is 0.0272. The fourth-order valence-electron chi connectivity index (χ4n) is 1.20. The molecule has 0 aliphatic rings. The quantitative estimate of drug-likeness (QED) is 0.609. The first-order valence-corrected chi connectivity index (χ1v) is 5.17. The lowest BCUT2D eigenvalue weighted by molar-refractivity contribution is 0.628. The van der Waals surface area contributed by atoms with Crippen LogP contribution in [0.4, 0.5) is 4.39 Å². The molecule has 0 unspecified atom stereocenters. The molecule has 1 heterocycles. The Morgan fingerprint density at radius 2 is 1.87 bits per heavy atom. The Bertz CT molecular complexity index is 538. The van der Waals surface area contributed by atoms with E-state index in [1.54, 1.807) is 17.0 Å². The van der Waals surface area contributed by atoms with E-state index in [0.717, 1.165) is 0 Å². The molecular weight excluding hydrogens is 258 g/mol. The molecule has 2 nitrogen and oxygen atoms in total. The summed E-state index contributed by atoms with van der Waals surface area (Å²) in [5, 5.41) is -0.0544. The van der Waals surface area contributed by atoms with Crippen molar-refractivity contribution < 1.29 is 4.39 Å². The maximum Gasteiger partial charge on any atom is 0.181 e. The van der Waals surface area contributed by atoms with E-state index >= 15 is 0 Å². The van der Waals surface area contributed by atoms with Crippen LogP contribution in [-0.4, -0.2) is 9.55 Å². The van der Waals surface area contributed by atoms with E-state index in [1.165, 1.54) is 12.1 Å². The average molecular weight is 263 g/mol. The van der Waals surface area contributed by atoms with Crippen LogP contribution in [-0.2, 0) is 0 Å². The number of nitrogens with zero attached hydrogens (tertiary/aromatic N) is 1. The van der Waals surface area contributed by atoms with Crippen LogP contribution in [0.1, 0.15) is 0 Å². The summed E-state index contributed by atoms with van der Waals surface area (Å²) >= 11 is 16.4. The highest BCUT2D eigenvalue weighted by molar-refractivity contribution is 7.71. The van der Waals surface area contributed by atoms with Crippen LogP contribution in [0.25, 0.3) is 5.69 Å². The Hall–Kier alpha value is -0.840. The van der Waals surface area contributed by atoms with Gasteiger partial charge in [0.1, 0.15) is 0 Å². The predicted molar refractivity (Wildman–Crippen MR) is 60.9 cm³/mol. The van der Waals surface area contributed by atoms with Gasteiger partial charge in [0.05, 0.1) is 15.7 Å². The van der Waals surface area contributed by atoms with Gasteiger partial charge in [-0.2, -0.15) is 0 Å². The molecule has 0 saturated carbocycles. The highest BCUT2D eigenvalue weighted by Gasteiger charge is 2.08. The molecule has 0 atom stereocenters. The molecule has 6 heteroatoms. The number of hydrogen-bond acceptors (Lipinski definition) is 1. The minimum atomic E-state index is -0.621. The number of aromatic amines is 1. The summed E-state index contributed by atoms with van der Waals surface area (Å²) in [6.45, 7) is 0. The van der Waals surface area contributed by atoms with Crippen LogP contribution < -0.4 is 0 Å². The Morgan fingerprint density at radius 1 is 1.27 bits per heavy atom. The summed E-state index contributed by atoms with van der Waals surface area (Å²) in [6.07, 6.45) is 3.38. The molecule has 78 valence electrons. The molecule has 15 heavy (non-hydrogen) atoms. The molecule has 0 radical (unpaired) electrons. The van der Waals surface area contributed by atoms with Gasteiger partial charge < -0.3 is 4.98 Å². The molecule has 1 aromatic carbocycles. The van der Waals surface area contributed by atoms with Crippen molar-refractivity contribution in [3.8, 4) is 5.69 Å². The average Bonchev–Trinajstić information content (AvgIpc) is 2.60. The third kappa shape index (κ3) is 1.93. The van der Waals surface area contributed by atoms with Crippen molar-refractivity contribution in [2.75, 3.05) is 0 Å². The van der Waals surface area contributed by atoms with E-state index in [2.05, 4.69) is 4.98 Å². The van der Waals surface area contributed by atoms with E-state index in [9.17, 15) is 4.39 Å². The second-order valence-electron chi connectivity index (χ2n) is 2.86. The first-order valence-electron chi connectivity index (χ1n) is 4.00. The van der Waals surface area contributed by atoms with Crippen molar-refractivity contribution in [1.82, 2.24) is 9.55 Å². The van der Waals surface area contributed by atoms with Gasteiger partial charge in [-0.15, -0.1) is 0 Å². The lowest BCUT2D eigenvalue weighted by Crippen LogP contribution is -1.93. The van der Waals surface area contributed by atoms with Crippen LogP contribution in [0, 0.1) is 10.6 Å². The molecule has 1 N–H and O–H groups in total. The van der Waals surface area contributed by atoms with Crippen LogP contribution in [0.3, 0.4) is 0 Å². The zero-order valence-corrected chi connectivity index (χ0v) is 9.63. The number of hydrogen-bond donors (Lipinski definition) is 1. The number of H-pyrrole nitrogens is 1. The van der Waals surface area contributed by atoms with Crippen LogP contribution in [0.5, 0.6) is 0 Å². The van der Waals surface area contributed by atoms with Gasteiger partial charge >= 0.3 is 0 Å². The first kappa shape index (κ1) is 10.7. The summed E-state index contributed by atoms with van der Waals surface area (Å²) in [5.74, 6) is -0.621. The summed E-state index contributed by atoms with van der Waals surface area (Å²) in [5.41, 5.74) is 0.623. The van der Waals surface area contributed by atoms with Crippen molar-refractivity contribution in [2.45, 2.75) is 0 Å². The number of nitrogens with one attached hydrogen (secondary N) is 1. The summed E-state index contributed by atoms with van der Waals surface area (Å²) in [4.78, 5) is 2.82. The van der Waals surface area contributed by atoms with Gasteiger partial charge in [-0.1, -0.05) is 23.2 Å². The molecular formula is C9H5Cl2FN2S. The second kappa shape index (κ2) is 3.96. The molecule has 0 fully saturated rings. The Morgan fingerprint density at radius 3 is 2.33 bits per heavy atom. The molecule has 0 amide bonds. The van der Waals surface area contributed by atoms with Crippen molar-refractivity contribution in [3.05, 3.63) is 45.2 Å². The van der Waals surface area contributed by atoms with E-state index in [0.29, 0.717) is 10.5 Å². The summed E-state index contributed by atoms with van der Waals surface area (Å²) in [6, 6.07) is 2.93. The fraction of sp³-hybridized carbons (Fsp3) is 0. The normalized spacial score (nSPS) is 10.6. The second-order valence-corrected chi connectivity index (χ2v) is 4.06. The monoisotopic (exact) mass is 262 g/mol. The maximum absolute atomic E-state index is 13.1. The third-order valence-electron chi connectivity index (χ3n) is 1.90. The number of rotatable bonds is 1. The van der Waals surface area contributed by atoms with Gasteiger partial charge in [0.25, 0.3) is 0 Å². The largest absolute Gasteiger partial charge is 0.337 e. The fourth-order valence-corrected chi connectivity index (χ4v) is 1.91. The van der Waals surface area contributed by atoms with Gasteiger partial charge in [-0.3, -0.25) is 4.57 Å². The van der Waals surface area contributed by atoms with Gasteiger partial charge in [-0.05, 0) is 24.4 Å². The zero-order valence-electron chi connectivity index (χ0n) is 7.30. The highest BCUT2D eigenvalue weighted by atomic mass is 35.5. The van der Waals surface area contributed by atoms with Crippen molar-refractivity contribution in [1.29, 1.82) is 0 Å². The zero-order chi connectivity index (χ0) is 11.0. The highest BCUT2D eigenvalue weighted by Crippen LogP contribution is 2.26. The lowest BCUT2D eigenvalue weighted by atomic mass is 10.3. The SMILES string of the molecule is Fc1c(Cl)cc(-n2cc[nH]c2=S)cc1Cl. The van der Waals surface area contributed by atoms with Gasteiger partial charge in [0, 0.05) is 12.4 Å². The molecule has 2 rings (SSSR count). The Labute approximate surface area is 100 Å². The Kier molecular flexibility index (Phi) is 2.82. The van der Waals surface area contributed by atoms with E-state index in [-0.39, 0.29) is 10.0 Å². The number of halogens is 3. The molecule has 0 bridgehead atoms. The van der Waals surface area contributed by atoms with E-state index < -0.39 is 5.82 Å². The topological polar surface area (TPSA) is 20.7 Å². The number of aromatic nitrogens is 2. The minimum Gasteiger partial charge on any atom is -0.337 e. The predicted octanol–water partition coefficient (Wildman–Crippen LogP) is 3.98. The number of imidazole rings is 1. The van der Waals surface area contributed by atoms with Gasteiger partial charge in [-0.25, -0.2) is 4.39 Å². The van der Waals surface area contributed by atoms with Crippen molar-refractivity contribution in [2.24, 2.45) is 0 Å². The van der Waals surface area contributed by atoms with Crippen molar-refractivity contribution >= 4 is 35.4 Å². The summed E-state index contributed by atoms with van der Waals surface area (Å²) in [7, 11) is 0. The summed E-state index contributed by atoms with van der Waals surface area (Å²) < 4.78 is 15.3. The van der Waals surface area contributed by atoms with E-state index in [1.807, 2.05) is 0 Å². The van der Waals surface area contributed by atoms with E-state index in [4.69, 9.17) is 35.4 Å².